The number of methoxy groups -OCH3 is 1. The Hall–Kier alpha value is -1.53. The molecule has 0 aromatic heterocycles. The molecule has 0 aliphatic heterocycles. The van der Waals surface area contributed by atoms with E-state index in [1.807, 2.05) is 6.07 Å². The molecular weight excluding hydrogens is 344 g/mol. The van der Waals surface area contributed by atoms with Crippen LogP contribution in [0, 0.1) is 6.92 Å². The summed E-state index contributed by atoms with van der Waals surface area (Å²) in [5, 5.41) is 0. The quantitative estimate of drug-likeness (QED) is 0.786. The second kappa shape index (κ2) is 5.85. The van der Waals surface area contributed by atoms with E-state index in [4.69, 9.17) is 8.92 Å². The largest absolute Gasteiger partial charge is 0.496 e. The molecular formula is C14H13BrO4S. The van der Waals surface area contributed by atoms with Crippen LogP contribution in [-0.4, -0.2) is 15.5 Å². The highest BCUT2D eigenvalue weighted by molar-refractivity contribution is 9.10. The smallest absolute Gasteiger partial charge is 0.339 e. The predicted octanol–water partition coefficient (Wildman–Crippen LogP) is 3.53. The molecule has 0 fully saturated rings. The molecule has 0 radical (unpaired) electrons. The molecule has 2 aromatic carbocycles. The van der Waals surface area contributed by atoms with Gasteiger partial charge in [0.15, 0.2) is 0 Å². The van der Waals surface area contributed by atoms with Crippen LogP contribution < -0.4 is 8.92 Å². The van der Waals surface area contributed by atoms with E-state index in [9.17, 15) is 8.42 Å². The van der Waals surface area contributed by atoms with Gasteiger partial charge >= 0.3 is 10.1 Å². The molecule has 6 heteroatoms. The zero-order valence-electron chi connectivity index (χ0n) is 11.0. The van der Waals surface area contributed by atoms with Crippen LogP contribution in [-0.2, 0) is 10.1 Å². The number of benzene rings is 2. The molecule has 0 saturated carbocycles. The summed E-state index contributed by atoms with van der Waals surface area (Å²) in [7, 11) is -2.36. The summed E-state index contributed by atoms with van der Waals surface area (Å²) >= 11 is 3.25. The number of para-hydroxylation sites is 1. The van der Waals surface area contributed by atoms with Crippen molar-refractivity contribution in [3.63, 3.8) is 0 Å². The predicted molar refractivity (Wildman–Crippen MR) is 79.7 cm³/mol. The third kappa shape index (κ3) is 3.13. The maximum Gasteiger partial charge on any atom is 0.339 e. The number of hydrogen-bond acceptors (Lipinski definition) is 4. The molecule has 0 N–H and O–H groups in total. The van der Waals surface area contributed by atoms with Crippen molar-refractivity contribution < 1.29 is 17.3 Å². The molecule has 4 nitrogen and oxygen atoms in total. The summed E-state index contributed by atoms with van der Waals surface area (Å²) in [6.07, 6.45) is 0. The zero-order valence-corrected chi connectivity index (χ0v) is 13.4. The van der Waals surface area contributed by atoms with Gasteiger partial charge in [0.1, 0.15) is 16.4 Å². The van der Waals surface area contributed by atoms with Gasteiger partial charge in [-0.25, -0.2) is 0 Å². The van der Waals surface area contributed by atoms with Crippen molar-refractivity contribution in [1.29, 1.82) is 0 Å². The summed E-state index contributed by atoms with van der Waals surface area (Å²) in [6, 6.07) is 11.4. The van der Waals surface area contributed by atoms with Gasteiger partial charge in [-0.3, -0.25) is 0 Å². The normalized spacial score (nSPS) is 11.2. The Labute approximate surface area is 126 Å². The fourth-order valence-electron chi connectivity index (χ4n) is 1.62. The molecule has 0 aliphatic carbocycles. The lowest BCUT2D eigenvalue weighted by Crippen LogP contribution is -2.10. The van der Waals surface area contributed by atoms with Crippen LogP contribution in [0.3, 0.4) is 0 Å². The Morgan fingerprint density at radius 2 is 1.75 bits per heavy atom. The van der Waals surface area contributed by atoms with Crippen molar-refractivity contribution in [2.24, 2.45) is 0 Å². The lowest BCUT2D eigenvalue weighted by molar-refractivity contribution is 0.411. The van der Waals surface area contributed by atoms with Gasteiger partial charge in [-0.1, -0.05) is 18.2 Å². The minimum absolute atomic E-state index is 0.0634. The number of halogens is 1. The molecule has 2 rings (SSSR count). The van der Waals surface area contributed by atoms with E-state index < -0.39 is 10.1 Å². The summed E-state index contributed by atoms with van der Waals surface area (Å²) in [5.41, 5.74) is 0.753. The summed E-state index contributed by atoms with van der Waals surface area (Å²) in [4.78, 5) is 0.0634. The van der Waals surface area contributed by atoms with Gasteiger partial charge in [0.05, 0.1) is 11.6 Å². The highest BCUT2D eigenvalue weighted by Gasteiger charge is 2.19. The van der Waals surface area contributed by atoms with Crippen LogP contribution in [0.15, 0.2) is 51.8 Å². The van der Waals surface area contributed by atoms with E-state index in [2.05, 4.69) is 15.9 Å². The SMILES string of the molecule is COc1ccc(S(=O)(=O)Oc2ccccc2C)cc1Br. The Balaban J connectivity index is 2.36. The van der Waals surface area contributed by atoms with Crippen molar-refractivity contribution in [2.45, 2.75) is 11.8 Å². The van der Waals surface area contributed by atoms with Crippen molar-refractivity contribution in [1.82, 2.24) is 0 Å². The minimum Gasteiger partial charge on any atom is -0.496 e. The third-order valence-corrected chi connectivity index (χ3v) is 4.55. The summed E-state index contributed by atoms with van der Waals surface area (Å²) < 4.78 is 35.2. The molecule has 0 bridgehead atoms. The number of hydrogen-bond donors (Lipinski definition) is 0. The summed E-state index contributed by atoms with van der Waals surface area (Å²) in [5.74, 6) is 0.874. The van der Waals surface area contributed by atoms with Gasteiger partial charge in [0.2, 0.25) is 0 Å². The first-order chi connectivity index (χ1) is 9.44. The number of aryl methyl sites for hydroxylation is 1. The highest BCUT2D eigenvalue weighted by Crippen LogP contribution is 2.29. The maximum atomic E-state index is 12.2. The van der Waals surface area contributed by atoms with Crippen LogP contribution in [0.2, 0.25) is 0 Å². The number of ether oxygens (including phenoxy) is 1. The zero-order chi connectivity index (χ0) is 14.8. The Morgan fingerprint density at radius 1 is 1.05 bits per heavy atom. The van der Waals surface area contributed by atoms with Crippen molar-refractivity contribution >= 4 is 26.0 Å². The molecule has 2 aromatic rings. The molecule has 0 heterocycles. The van der Waals surface area contributed by atoms with Crippen molar-refractivity contribution in [2.75, 3.05) is 7.11 Å². The van der Waals surface area contributed by atoms with Gasteiger partial charge in [-0.05, 0) is 52.7 Å². The van der Waals surface area contributed by atoms with E-state index >= 15 is 0 Å². The third-order valence-electron chi connectivity index (χ3n) is 2.71. The van der Waals surface area contributed by atoms with Crippen LogP contribution >= 0.6 is 15.9 Å². The van der Waals surface area contributed by atoms with Crippen LogP contribution in [0.1, 0.15) is 5.56 Å². The Kier molecular flexibility index (Phi) is 4.35. The van der Waals surface area contributed by atoms with Crippen molar-refractivity contribution in [3.05, 3.63) is 52.5 Å². The van der Waals surface area contributed by atoms with Gasteiger partial charge < -0.3 is 8.92 Å². The van der Waals surface area contributed by atoms with E-state index in [1.165, 1.54) is 19.2 Å². The second-order valence-electron chi connectivity index (χ2n) is 4.10. The molecule has 0 spiro atoms. The lowest BCUT2D eigenvalue weighted by Gasteiger charge is -2.10. The second-order valence-corrected chi connectivity index (χ2v) is 6.50. The molecule has 0 amide bonds. The number of rotatable bonds is 4. The molecule has 0 aliphatic rings. The topological polar surface area (TPSA) is 52.6 Å². The Morgan fingerprint density at radius 3 is 2.35 bits per heavy atom. The van der Waals surface area contributed by atoms with E-state index in [0.717, 1.165) is 5.56 Å². The fourth-order valence-corrected chi connectivity index (χ4v) is 3.33. The molecule has 106 valence electrons. The molecule has 0 atom stereocenters. The standard InChI is InChI=1S/C14H13BrO4S/c1-10-5-3-4-6-13(10)19-20(16,17)11-7-8-14(18-2)12(15)9-11/h3-9H,1-2H3. The van der Waals surface area contributed by atoms with Crippen LogP contribution in [0.25, 0.3) is 0 Å². The van der Waals surface area contributed by atoms with E-state index in [0.29, 0.717) is 16.0 Å². The first-order valence-corrected chi connectivity index (χ1v) is 7.98. The molecule has 0 unspecified atom stereocenters. The van der Waals surface area contributed by atoms with E-state index in [1.54, 1.807) is 31.2 Å². The fraction of sp³-hybridized carbons (Fsp3) is 0.143. The highest BCUT2D eigenvalue weighted by atomic mass is 79.9. The van der Waals surface area contributed by atoms with Gasteiger partial charge in [-0.2, -0.15) is 8.42 Å². The monoisotopic (exact) mass is 356 g/mol. The van der Waals surface area contributed by atoms with Crippen LogP contribution in [0.5, 0.6) is 11.5 Å². The molecule has 0 saturated heterocycles. The maximum absolute atomic E-state index is 12.2. The average molecular weight is 357 g/mol. The lowest BCUT2D eigenvalue weighted by atomic mass is 10.2. The minimum atomic E-state index is -3.87. The van der Waals surface area contributed by atoms with Crippen molar-refractivity contribution in [3.8, 4) is 11.5 Å². The molecule has 20 heavy (non-hydrogen) atoms. The first-order valence-electron chi connectivity index (χ1n) is 5.77. The Bertz CT molecular complexity index is 726. The van der Waals surface area contributed by atoms with E-state index in [-0.39, 0.29) is 4.90 Å². The van der Waals surface area contributed by atoms with Gasteiger partial charge in [0.25, 0.3) is 0 Å². The van der Waals surface area contributed by atoms with Gasteiger partial charge in [-0.15, -0.1) is 0 Å². The summed E-state index contributed by atoms with van der Waals surface area (Å²) in [6.45, 7) is 1.79. The average Bonchev–Trinajstić information content (AvgIpc) is 2.41. The van der Waals surface area contributed by atoms with Gasteiger partial charge in [0, 0.05) is 0 Å². The van der Waals surface area contributed by atoms with Crippen LogP contribution in [0.4, 0.5) is 0 Å². The first kappa shape index (κ1) is 14.9.